The van der Waals surface area contributed by atoms with E-state index in [1.165, 1.54) is 5.56 Å². The van der Waals surface area contributed by atoms with E-state index in [9.17, 15) is 0 Å². The van der Waals surface area contributed by atoms with Gasteiger partial charge in [0.15, 0.2) is 0 Å². The maximum absolute atomic E-state index is 5.97. The summed E-state index contributed by atoms with van der Waals surface area (Å²) in [5, 5.41) is 0. The highest BCUT2D eigenvalue weighted by Crippen LogP contribution is 2.20. The van der Waals surface area contributed by atoms with Gasteiger partial charge in [-0.15, -0.1) is 0 Å². The van der Waals surface area contributed by atoms with E-state index in [0.717, 1.165) is 23.2 Å². The summed E-state index contributed by atoms with van der Waals surface area (Å²) in [6.07, 6.45) is 2.82. The zero-order valence-corrected chi connectivity index (χ0v) is 10.4. The van der Waals surface area contributed by atoms with E-state index in [0.29, 0.717) is 0 Å². The molecule has 1 aromatic heterocycles. The lowest BCUT2D eigenvalue weighted by Gasteiger charge is -2.09. The van der Waals surface area contributed by atoms with Crippen LogP contribution in [0.2, 0.25) is 0 Å². The van der Waals surface area contributed by atoms with Gasteiger partial charge in [0.1, 0.15) is 0 Å². The molecule has 2 heteroatoms. The minimum Gasteiger partial charge on any atom is -0.324 e. The molecule has 2 rings (SSSR count). The van der Waals surface area contributed by atoms with Crippen LogP contribution in [-0.4, -0.2) is 4.98 Å². The lowest BCUT2D eigenvalue weighted by Crippen LogP contribution is -2.08. The molecule has 1 heterocycles. The Balaban J connectivity index is 2.29. The quantitative estimate of drug-likeness (QED) is 0.870. The summed E-state index contributed by atoms with van der Waals surface area (Å²) in [5.74, 6) is 0. The van der Waals surface area contributed by atoms with Gasteiger partial charge in [0.05, 0.1) is 5.69 Å². The summed E-state index contributed by atoms with van der Waals surface area (Å²) in [7, 11) is 0. The van der Waals surface area contributed by atoms with E-state index in [4.69, 9.17) is 5.73 Å². The third-order valence-corrected chi connectivity index (χ3v) is 2.97. The Labute approximate surface area is 103 Å². The Bertz CT molecular complexity index is 489. The lowest BCUT2D eigenvalue weighted by molar-refractivity contribution is 0.695. The van der Waals surface area contributed by atoms with Crippen LogP contribution in [0.4, 0.5) is 0 Å². The molecule has 0 amide bonds. The van der Waals surface area contributed by atoms with Crippen LogP contribution in [-0.2, 0) is 0 Å². The first kappa shape index (κ1) is 11.8. The molecule has 2 nitrogen and oxygen atoms in total. The van der Waals surface area contributed by atoms with Gasteiger partial charge in [0.25, 0.3) is 0 Å². The molecule has 0 saturated carbocycles. The summed E-state index contributed by atoms with van der Waals surface area (Å²) < 4.78 is 0. The number of aromatic nitrogens is 1. The van der Waals surface area contributed by atoms with E-state index in [-0.39, 0.29) is 6.04 Å². The Morgan fingerprint density at radius 2 is 2.06 bits per heavy atom. The van der Waals surface area contributed by atoms with Gasteiger partial charge in [-0.25, -0.2) is 0 Å². The Kier molecular flexibility index (Phi) is 3.55. The molecule has 0 fully saturated rings. The highest BCUT2D eigenvalue weighted by atomic mass is 14.7. The highest BCUT2D eigenvalue weighted by molar-refractivity contribution is 5.59. The maximum atomic E-state index is 5.97. The average Bonchev–Trinajstić information content (AvgIpc) is 2.38. The van der Waals surface area contributed by atoms with Gasteiger partial charge >= 0.3 is 0 Å². The summed E-state index contributed by atoms with van der Waals surface area (Å²) >= 11 is 0. The smallest absolute Gasteiger partial charge is 0.0702 e. The van der Waals surface area contributed by atoms with E-state index in [2.05, 4.69) is 49.2 Å². The van der Waals surface area contributed by atoms with Crippen LogP contribution >= 0.6 is 0 Å². The van der Waals surface area contributed by atoms with Crippen molar-refractivity contribution in [3.63, 3.8) is 0 Å². The summed E-state index contributed by atoms with van der Waals surface area (Å²) in [4.78, 5) is 4.48. The minimum atomic E-state index is 0.0917. The summed E-state index contributed by atoms with van der Waals surface area (Å²) in [6, 6.07) is 12.6. The first-order valence-corrected chi connectivity index (χ1v) is 5.99. The molecule has 0 aliphatic heterocycles. The second-order valence-electron chi connectivity index (χ2n) is 4.36. The average molecular weight is 226 g/mol. The van der Waals surface area contributed by atoms with Crippen LogP contribution in [0, 0.1) is 6.92 Å². The molecular weight excluding hydrogens is 208 g/mol. The third-order valence-electron chi connectivity index (χ3n) is 2.97. The summed E-state index contributed by atoms with van der Waals surface area (Å²) in [5.41, 5.74) is 10.5. The molecule has 0 bridgehead atoms. The normalized spacial score (nSPS) is 12.4. The van der Waals surface area contributed by atoms with E-state index >= 15 is 0 Å². The molecule has 1 atom stereocenters. The second kappa shape index (κ2) is 5.11. The van der Waals surface area contributed by atoms with E-state index in [1.54, 1.807) is 0 Å². The number of nitrogens with zero attached hydrogens (tertiary/aromatic N) is 1. The first-order valence-electron chi connectivity index (χ1n) is 5.99. The number of rotatable bonds is 3. The van der Waals surface area contributed by atoms with Crippen molar-refractivity contribution >= 4 is 0 Å². The molecule has 0 radical (unpaired) electrons. The Hall–Kier alpha value is -1.67. The van der Waals surface area contributed by atoms with Crippen molar-refractivity contribution in [3.8, 4) is 11.3 Å². The van der Waals surface area contributed by atoms with Crippen molar-refractivity contribution in [3.05, 3.63) is 53.7 Å². The Morgan fingerprint density at radius 1 is 1.24 bits per heavy atom. The zero-order chi connectivity index (χ0) is 12.3. The van der Waals surface area contributed by atoms with Crippen molar-refractivity contribution < 1.29 is 0 Å². The van der Waals surface area contributed by atoms with Gasteiger partial charge in [-0.2, -0.15) is 0 Å². The topological polar surface area (TPSA) is 38.9 Å². The monoisotopic (exact) mass is 226 g/mol. The molecule has 0 unspecified atom stereocenters. The van der Waals surface area contributed by atoms with Gasteiger partial charge in [-0.05, 0) is 31.0 Å². The highest BCUT2D eigenvalue weighted by Gasteiger charge is 2.04. The van der Waals surface area contributed by atoms with Crippen LogP contribution < -0.4 is 5.73 Å². The molecule has 1 aromatic carbocycles. The number of benzene rings is 1. The Morgan fingerprint density at radius 3 is 2.65 bits per heavy atom. The van der Waals surface area contributed by atoms with Gasteiger partial charge in [-0.3, -0.25) is 4.98 Å². The lowest BCUT2D eigenvalue weighted by atomic mass is 10.0. The molecule has 2 aromatic rings. The van der Waals surface area contributed by atoms with Crippen molar-refractivity contribution in [1.29, 1.82) is 0 Å². The maximum Gasteiger partial charge on any atom is 0.0702 e. The van der Waals surface area contributed by atoms with E-state index < -0.39 is 0 Å². The van der Waals surface area contributed by atoms with Gasteiger partial charge in [-0.1, -0.05) is 36.8 Å². The minimum absolute atomic E-state index is 0.0917. The first-order chi connectivity index (χ1) is 8.20. The fraction of sp³-hybridized carbons (Fsp3) is 0.267. The number of aryl methyl sites for hydroxylation is 1. The third kappa shape index (κ3) is 2.71. The predicted octanol–water partition coefficient (Wildman–Crippen LogP) is 3.47. The van der Waals surface area contributed by atoms with Crippen LogP contribution in [0.25, 0.3) is 11.3 Å². The van der Waals surface area contributed by atoms with Crippen LogP contribution in [0.1, 0.15) is 30.5 Å². The number of nitrogens with two attached hydrogens (primary N) is 1. The number of pyridine rings is 1. The van der Waals surface area contributed by atoms with Crippen molar-refractivity contribution in [1.82, 2.24) is 4.98 Å². The fourth-order valence-corrected chi connectivity index (χ4v) is 1.84. The van der Waals surface area contributed by atoms with Crippen molar-refractivity contribution in [2.45, 2.75) is 26.3 Å². The molecule has 0 saturated heterocycles. The molecule has 88 valence electrons. The van der Waals surface area contributed by atoms with Crippen molar-refractivity contribution in [2.24, 2.45) is 5.73 Å². The van der Waals surface area contributed by atoms with Gasteiger partial charge in [0.2, 0.25) is 0 Å². The molecular formula is C15H18N2. The molecule has 0 aliphatic rings. The molecule has 0 aliphatic carbocycles. The van der Waals surface area contributed by atoms with Crippen LogP contribution in [0.5, 0.6) is 0 Å². The van der Waals surface area contributed by atoms with E-state index in [1.807, 2.05) is 12.3 Å². The number of hydrogen-bond acceptors (Lipinski definition) is 2. The predicted molar refractivity (Wildman–Crippen MR) is 71.6 cm³/mol. The molecule has 2 N–H and O–H groups in total. The number of hydrogen-bond donors (Lipinski definition) is 1. The van der Waals surface area contributed by atoms with Crippen LogP contribution in [0.3, 0.4) is 0 Å². The fourth-order valence-electron chi connectivity index (χ4n) is 1.84. The zero-order valence-electron chi connectivity index (χ0n) is 10.4. The van der Waals surface area contributed by atoms with Gasteiger partial charge < -0.3 is 5.73 Å². The van der Waals surface area contributed by atoms with Crippen molar-refractivity contribution in [2.75, 3.05) is 0 Å². The SMILES string of the molecule is CC[C@H](N)c1ccc(-c2cccc(C)c2)nc1. The largest absolute Gasteiger partial charge is 0.324 e. The standard InChI is InChI=1S/C15H18N2/c1-3-14(16)13-7-8-15(17-10-13)12-6-4-5-11(2)9-12/h4-10,14H,3,16H2,1-2H3/t14-/m0/s1. The molecule has 17 heavy (non-hydrogen) atoms. The van der Waals surface area contributed by atoms with Crippen LogP contribution in [0.15, 0.2) is 42.6 Å². The second-order valence-corrected chi connectivity index (χ2v) is 4.36. The molecule has 0 spiro atoms. The summed E-state index contributed by atoms with van der Waals surface area (Å²) in [6.45, 7) is 4.17. The van der Waals surface area contributed by atoms with Gasteiger partial charge in [0, 0.05) is 17.8 Å².